The molecular weight excluding hydrogens is 356 g/mol. The van der Waals surface area contributed by atoms with Gasteiger partial charge in [-0.05, 0) is 32.9 Å². The standard InChI is InChI=1S/C18H21F2N5O2/c1-18(2,3)23-16(26)12-9-21-25-7-6-24(10-15(12)25)17(27)22-11-4-5-13(19)14(20)8-11/h4-5,8-9H,6-7,10H2,1-3H3,(H,22,27)(H,23,26). The van der Waals surface area contributed by atoms with Gasteiger partial charge in [-0.2, -0.15) is 5.10 Å². The van der Waals surface area contributed by atoms with Gasteiger partial charge in [0.1, 0.15) is 0 Å². The minimum absolute atomic E-state index is 0.156. The molecule has 144 valence electrons. The molecule has 0 radical (unpaired) electrons. The zero-order valence-electron chi connectivity index (χ0n) is 15.3. The first kappa shape index (κ1) is 18.8. The highest BCUT2D eigenvalue weighted by molar-refractivity contribution is 5.96. The fraction of sp³-hybridized carbons (Fsp3) is 0.389. The molecule has 2 heterocycles. The second-order valence-corrected chi connectivity index (χ2v) is 7.41. The van der Waals surface area contributed by atoms with Gasteiger partial charge in [0.2, 0.25) is 0 Å². The third-order valence-corrected chi connectivity index (χ3v) is 4.06. The van der Waals surface area contributed by atoms with Gasteiger partial charge < -0.3 is 15.5 Å². The summed E-state index contributed by atoms with van der Waals surface area (Å²) in [5.41, 5.74) is 0.798. The van der Waals surface area contributed by atoms with Gasteiger partial charge in [-0.1, -0.05) is 0 Å². The molecule has 0 bridgehead atoms. The first-order valence-corrected chi connectivity index (χ1v) is 8.52. The number of carbonyl (C=O) groups is 2. The predicted octanol–water partition coefficient (Wildman–Crippen LogP) is 2.74. The number of nitrogens with zero attached hydrogens (tertiary/aromatic N) is 3. The van der Waals surface area contributed by atoms with Crippen LogP contribution in [-0.2, 0) is 13.1 Å². The molecule has 0 saturated carbocycles. The maximum absolute atomic E-state index is 13.3. The van der Waals surface area contributed by atoms with Gasteiger partial charge in [-0.3, -0.25) is 9.48 Å². The van der Waals surface area contributed by atoms with Crippen molar-refractivity contribution < 1.29 is 18.4 Å². The van der Waals surface area contributed by atoms with E-state index in [1.54, 1.807) is 4.68 Å². The predicted molar refractivity (Wildman–Crippen MR) is 95.2 cm³/mol. The SMILES string of the molecule is CC(C)(C)NC(=O)c1cnn2c1CN(C(=O)Nc1ccc(F)c(F)c1)CC2. The lowest BCUT2D eigenvalue weighted by atomic mass is 10.1. The zero-order chi connectivity index (χ0) is 19.8. The number of aromatic nitrogens is 2. The topological polar surface area (TPSA) is 79.3 Å². The van der Waals surface area contributed by atoms with E-state index in [0.29, 0.717) is 24.3 Å². The van der Waals surface area contributed by atoms with E-state index in [1.807, 2.05) is 20.8 Å². The molecule has 3 amide bonds. The Morgan fingerprint density at radius 3 is 2.56 bits per heavy atom. The van der Waals surface area contributed by atoms with Gasteiger partial charge in [0.25, 0.3) is 5.91 Å². The third kappa shape index (κ3) is 4.24. The quantitative estimate of drug-likeness (QED) is 0.845. The summed E-state index contributed by atoms with van der Waals surface area (Å²) >= 11 is 0. The Bertz CT molecular complexity index is 888. The van der Waals surface area contributed by atoms with Crippen molar-refractivity contribution >= 4 is 17.6 Å². The van der Waals surface area contributed by atoms with Crippen LogP contribution in [0.4, 0.5) is 19.3 Å². The average molecular weight is 377 g/mol. The van der Waals surface area contributed by atoms with Gasteiger partial charge in [-0.25, -0.2) is 13.6 Å². The number of halogens is 2. The summed E-state index contributed by atoms with van der Waals surface area (Å²) in [4.78, 5) is 26.4. The summed E-state index contributed by atoms with van der Waals surface area (Å²) in [5.74, 6) is -2.28. The van der Waals surface area contributed by atoms with Crippen LogP contribution in [0.1, 0.15) is 36.8 Å². The molecule has 0 aliphatic carbocycles. The third-order valence-electron chi connectivity index (χ3n) is 4.06. The number of urea groups is 1. The van der Waals surface area contributed by atoms with Crippen molar-refractivity contribution in [2.45, 2.75) is 39.4 Å². The van der Waals surface area contributed by atoms with Gasteiger partial charge in [-0.15, -0.1) is 0 Å². The molecule has 0 atom stereocenters. The van der Waals surface area contributed by atoms with Crippen molar-refractivity contribution in [3.63, 3.8) is 0 Å². The lowest BCUT2D eigenvalue weighted by Crippen LogP contribution is -2.43. The van der Waals surface area contributed by atoms with Crippen molar-refractivity contribution in [2.24, 2.45) is 0 Å². The van der Waals surface area contributed by atoms with Gasteiger partial charge in [0, 0.05) is 23.8 Å². The average Bonchev–Trinajstić information content (AvgIpc) is 3.00. The van der Waals surface area contributed by atoms with Crippen LogP contribution in [0.15, 0.2) is 24.4 Å². The first-order valence-electron chi connectivity index (χ1n) is 8.52. The maximum Gasteiger partial charge on any atom is 0.322 e. The molecule has 0 saturated heterocycles. The molecule has 1 aromatic heterocycles. The van der Waals surface area contributed by atoms with Crippen LogP contribution in [0.3, 0.4) is 0 Å². The lowest BCUT2D eigenvalue weighted by molar-refractivity contribution is 0.0916. The van der Waals surface area contributed by atoms with E-state index in [9.17, 15) is 18.4 Å². The molecule has 2 aromatic rings. The second-order valence-electron chi connectivity index (χ2n) is 7.41. The summed E-state index contributed by atoms with van der Waals surface area (Å²) in [7, 11) is 0. The number of rotatable bonds is 2. The van der Waals surface area contributed by atoms with Crippen molar-refractivity contribution in [1.29, 1.82) is 0 Å². The Balaban J connectivity index is 1.73. The molecular formula is C18H21F2N5O2. The van der Waals surface area contributed by atoms with E-state index in [2.05, 4.69) is 15.7 Å². The summed E-state index contributed by atoms with van der Waals surface area (Å²) < 4.78 is 28.0. The van der Waals surface area contributed by atoms with E-state index < -0.39 is 23.2 Å². The maximum atomic E-state index is 13.3. The number of anilines is 1. The second kappa shape index (κ2) is 6.98. The van der Waals surface area contributed by atoms with Crippen LogP contribution in [0.2, 0.25) is 0 Å². The number of fused-ring (bicyclic) bond motifs is 1. The Hall–Kier alpha value is -2.97. The fourth-order valence-corrected chi connectivity index (χ4v) is 2.79. The first-order chi connectivity index (χ1) is 12.6. The summed E-state index contributed by atoms with van der Waals surface area (Å²) in [6, 6.07) is 2.69. The molecule has 1 aliphatic rings. The van der Waals surface area contributed by atoms with E-state index in [0.717, 1.165) is 12.1 Å². The zero-order valence-corrected chi connectivity index (χ0v) is 15.3. The summed E-state index contributed by atoms with van der Waals surface area (Å²) in [6.45, 7) is 6.63. The number of amides is 3. The van der Waals surface area contributed by atoms with E-state index in [1.165, 1.54) is 17.2 Å². The Kier molecular flexibility index (Phi) is 4.86. The Labute approximate surface area is 155 Å². The van der Waals surface area contributed by atoms with E-state index in [4.69, 9.17) is 0 Å². The highest BCUT2D eigenvalue weighted by Crippen LogP contribution is 2.19. The van der Waals surface area contributed by atoms with Gasteiger partial charge in [0.05, 0.1) is 30.5 Å². The van der Waals surface area contributed by atoms with Gasteiger partial charge in [0.15, 0.2) is 11.6 Å². The Morgan fingerprint density at radius 2 is 1.89 bits per heavy atom. The molecule has 7 nitrogen and oxygen atoms in total. The van der Waals surface area contributed by atoms with Crippen LogP contribution < -0.4 is 10.6 Å². The molecule has 1 aliphatic heterocycles. The number of nitrogens with one attached hydrogen (secondary N) is 2. The van der Waals surface area contributed by atoms with Crippen molar-refractivity contribution in [3.05, 3.63) is 47.3 Å². The van der Waals surface area contributed by atoms with Crippen molar-refractivity contribution in [1.82, 2.24) is 20.0 Å². The number of hydrogen-bond acceptors (Lipinski definition) is 3. The van der Waals surface area contributed by atoms with Crippen LogP contribution in [0.25, 0.3) is 0 Å². The normalized spacial score (nSPS) is 13.9. The van der Waals surface area contributed by atoms with Gasteiger partial charge >= 0.3 is 6.03 Å². The molecule has 3 rings (SSSR count). The molecule has 0 unspecified atom stereocenters. The van der Waals surface area contributed by atoms with Crippen LogP contribution in [0.5, 0.6) is 0 Å². The highest BCUT2D eigenvalue weighted by Gasteiger charge is 2.28. The van der Waals surface area contributed by atoms with Crippen molar-refractivity contribution in [3.8, 4) is 0 Å². The molecule has 0 spiro atoms. The minimum atomic E-state index is -1.04. The lowest BCUT2D eigenvalue weighted by Gasteiger charge is -2.29. The number of carbonyl (C=O) groups excluding carboxylic acids is 2. The molecule has 27 heavy (non-hydrogen) atoms. The number of hydrogen-bond donors (Lipinski definition) is 2. The molecule has 0 fully saturated rings. The molecule has 1 aromatic carbocycles. The van der Waals surface area contributed by atoms with E-state index in [-0.39, 0.29) is 18.1 Å². The van der Waals surface area contributed by atoms with Crippen molar-refractivity contribution in [2.75, 3.05) is 11.9 Å². The monoisotopic (exact) mass is 377 g/mol. The fourth-order valence-electron chi connectivity index (χ4n) is 2.79. The van der Waals surface area contributed by atoms with Crippen LogP contribution in [0, 0.1) is 11.6 Å². The summed E-state index contributed by atoms with van der Waals surface area (Å²) in [5, 5.41) is 9.63. The Morgan fingerprint density at radius 1 is 1.15 bits per heavy atom. The van der Waals surface area contributed by atoms with Crippen LogP contribution >= 0.6 is 0 Å². The van der Waals surface area contributed by atoms with E-state index >= 15 is 0 Å². The summed E-state index contributed by atoms with van der Waals surface area (Å²) in [6.07, 6.45) is 1.49. The minimum Gasteiger partial charge on any atom is -0.347 e. The molecule has 2 N–H and O–H groups in total. The highest BCUT2D eigenvalue weighted by atomic mass is 19.2. The smallest absolute Gasteiger partial charge is 0.322 e. The molecule has 9 heteroatoms. The number of benzene rings is 1. The largest absolute Gasteiger partial charge is 0.347 e. The van der Waals surface area contributed by atoms with Crippen LogP contribution in [-0.4, -0.2) is 38.7 Å².